The first-order valence-electron chi connectivity index (χ1n) is 6.86. The zero-order chi connectivity index (χ0) is 14.2. The summed E-state index contributed by atoms with van der Waals surface area (Å²) >= 11 is 0. The molecule has 1 unspecified atom stereocenters. The van der Waals surface area contributed by atoms with Gasteiger partial charge in [-0.25, -0.2) is 0 Å². The van der Waals surface area contributed by atoms with Gasteiger partial charge in [0.2, 0.25) is 0 Å². The van der Waals surface area contributed by atoms with E-state index in [0.717, 1.165) is 30.2 Å². The lowest BCUT2D eigenvalue weighted by Crippen LogP contribution is -2.17. The molecule has 106 valence electrons. The standard InChI is InChI=1S/C17H21NO2/c1-14(11-12-19-2)18-15-7-6-10-17(13-15)20-16-8-4-3-5-9-16/h3-10,13-14,18H,11-12H2,1-2H3. The second-order valence-corrected chi connectivity index (χ2v) is 4.77. The van der Waals surface area contributed by atoms with E-state index in [1.54, 1.807) is 7.11 Å². The van der Waals surface area contributed by atoms with E-state index >= 15 is 0 Å². The maximum atomic E-state index is 5.82. The Hall–Kier alpha value is -2.00. The lowest BCUT2D eigenvalue weighted by Gasteiger charge is -2.15. The summed E-state index contributed by atoms with van der Waals surface area (Å²) in [5.74, 6) is 1.68. The predicted octanol–water partition coefficient (Wildman–Crippen LogP) is 4.32. The molecule has 2 aromatic rings. The van der Waals surface area contributed by atoms with Crippen molar-refractivity contribution in [2.45, 2.75) is 19.4 Å². The second kappa shape index (κ2) is 7.56. The molecule has 0 heterocycles. The maximum Gasteiger partial charge on any atom is 0.129 e. The molecule has 0 fully saturated rings. The van der Waals surface area contributed by atoms with Gasteiger partial charge in [0.05, 0.1) is 0 Å². The highest BCUT2D eigenvalue weighted by molar-refractivity contribution is 5.49. The van der Waals surface area contributed by atoms with Crippen molar-refractivity contribution in [3.63, 3.8) is 0 Å². The van der Waals surface area contributed by atoms with Crippen LogP contribution in [0.5, 0.6) is 11.5 Å². The van der Waals surface area contributed by atoms with Crippen LogP contribution in [-0.2, 0) is 4.74 Å². The molecular weight excluding hydrogens is 250 g/mol. The first-order chi connectivity index (χ1) is 9.78. The average Bonchev–Trinajstić information content (AvgIpc) is 2.46. The molecule has 3 nitrogen and oxygen atoms in total. The summed E-state index contributed by atoms with van der Waals surface area (Å²) in [7, 11) is 1.72. The number of benzene rings is 2. The number of rotatable bonds is 7. The molecule has 2 aromatic carbocycles. The maximum absolute atomic E-state index is 5.82. The quantitative estimate of drug-likeness (QED) is 0.813. The van der Waals surface area contributed by atoms with Gasteiger partial charge in [-0.3, -0.25) is 0 Å². The molecule has 0 aliphatic rings. The monoisotopic (exact) mass is 271 g/mol. The van der Waals surface area contributed by atoms with Crippen molar-refractivity contribution in [2.75, 3.05) is 19.0 Å². The molecule has 0 aliphatic heterocycles. The first-order valence-corrected chi connectivity index (χ1v) is 6.86. The number of hydrogen-bond donors (Lipinski definition) is 1. The summed E-state index contributed by atoms with van der Waals surface area (Å²) in [6, 6.07) is 18.2. The summed E-state index contributed by atoms with van der Waals surface area (Å²) in [5.41, 5.74) is 1.06. The third-order valence-corrected chi connectivity index (χ3v) is 2.98. The Kier molecular flexibility index (Phi) is 5.44. The third kappa shape index (κ3) is 4.59. The van der Waals surface area contributed by atoms with E-state index in [-0.39, 0.29) is 0 Å². The molecule has 20 heavy (non-hydrogen) atoms. The molecule has 2 rings (SSSR count). The summed E-state index contributed by atoms with van der Waals surface area (Å²) < 4.78 is 10.9. The summed E-state index contributed by atoms with van der Waals surface area (Å²) in [4.78, 5) is 0. The molecule has 1 atom stereocenters. The molecule has 0 aliphatic carbocycles. The molecule has 0 saturated carbocycles. The highest BCUT2D eigenvalue weighted by Crippen LogP contribution is 2.24. The van der Waals surface area contributed by atoms with Gasteiger partial charge in [0.25, 0.3) is 0 Å². The number of anilines is 1. The minimum absolute atomic E-state index is 0.363. The first kappa shape index (κ1) is 14.4. The molecule has 0 saturated heterocycles. The lowest BCUT2D eigenvalue weighted by atomic mass is 10.2. The van der Waals surface area contributed by atoms with Crippen LogP contribution in [0.25, 0.3) is 0 Å². The smallest absolute Gasteiger partial charge is 0.129 e. The summed E-state index contributed by atoms with van der Waals surface area (Å²) in [6.07, 6.45) is 0.972. The van der Waals surface area contributed by atoms with Crippen molar-refractivity contribution in [2.24, 2.45) is 0 Å². The van der Waals surface area contributed by atoms with Gasteiger partial charge in [-0.05, 0) is 37.6 Å². The van der Waals surface area contributed by atoms with Crippen LogP contribution in [0.4, 0.5) is 5.69 Å². The molecule has 3 heteroatoms. The van der Waals surface area contributed by atoms with Gasteiger partial charge < -0.3 is 14.8 Å². The van der Waals surface area contributed by atoms with Gasteiger partial charge in [-0.2, -0.15) is 0 Å². The minimum Gasteiger partial charge on any atom is -0.457 e. The average molecular weight is 271 g/mol. The Morgan fingerprint density at radius 2 is 1.75 bits per heavy atom. The van der Waals surface area contributed by atoms with Crippen LogP contribution < -0.4 is 10.1 Å². The van der Waals surface area contributed by atoms with Crippen LogP contribution in [0.3, 0.4) is 0 Å². The summed E-state index contributed by atoms with van der Waals surface area (Å²) in [5, 5.41) is 3.44. The van der Waals surface area contributed by atoms with Gasteiger partial charge in [0, 0.05) is 31.5 Å². The zero-order valence-corrected chi connectivity index (χ0v) is 12.0. The Bertz CT molecular complexity index is 513. The van der Waals surface area contributed by atoms with Crippen molar-refractivity contribution in [1.29, 1.82) is 0 Å². The molecule has 0 radical (unpaired) electrons. The Balaban J connectivity index is 1.97. The predicted molar refractivity (Wildman–Crippen MR) is 82.5 cm³/mol. The van der Waals surface area contributed by atoms with Crippen molar-refractivity contribution in [1.82, 2.24) is 0 Å². The molecule has 0 bridgehead atoms. The number of para-hydroxylation sites is 1. The fraction of sp³-hybridized carbons (Fsp3) is 0.294. The van der Waals surface area contributed by atoms with E-state index in [4.69, 9.17) is 9.47 Å². The number of ether oxygens (including phenoxy) is 2. The molecule has 0 amide bonds. The molecule has 0 aromatic heterocycles. The Morgan fingerprint density at radius 3 is 2.50 bits per heavy atom. The van der Waals surface area contributed by atoms with Crippen LogP contribution in [-0.4, -0.2) is 19.8 Å². The van der Waals surface area contributed by atoms with Gasteiger partial charge in [-0.15, -0.1) is 0 Å². The third-order valence-electron chi connectivity index (χ3n) is 2.98. The van der Waals surface area contributed by atoms with Gasteiger partial charge in [0.1, 0.15) is 11.5 Å². The summed E-state index contributed by atoms with van der Waals surface area (Å²) in [6.45, 7) is 2.90. The van der Waals surface area contributed by atoms with E-state index in [9.17, 15) is 0 Å². The van der Waals surface area contributed by atoms with Crippen molar-refractivity contribution in [3.05, 3.63) is 54.6 Å². The highest BCUT2D eigenvalue weighted by atomic mass is 16.5. The Labute approximate surface area is 120 Å². The van der Waals surface area contributed by atoms with Crippen LogP contribution in [0.1, 0.15) is 13.3 Å². The molecule has 1 N–H and O–H groups in total. The van der Waals surface area contributed by atoms with Crippen LogP contribution in [0.15, 0.2) is 54.6 Å². The van der Waals surface area contributed by atoms with Gasteiger partial charge in [-0.1, -0.05) is 24.3 Å². The van der Waals surface area contributed by atoms with E-state index in [1.807, 2.05) is 54.6 Å². The van der Waals surface area contributed by atoms with Gasteiger partial charge >= 0.3 is 0 Å². The van der Waals surface area contributed by atoms with Crippen LogP contribution >= 0.6 is 0 Å². The largest absolute Gasteiger partial charge is 0.457 e. The van der Waals surface area contributed by atoms with E-state index in [0.29, 0.717) is 6.04 Å². The SMILES string of the molecule is COCCC(C)Nc1cccc(Oc2ccccc2)c1. The van der Waals surface area contributed by atoms with Gasteiger partial charge in [0.15, 0.2) is 0 Å². The number of hydrogen-bond acceptors (Lipinski definition) is 3. The second-order valence-electron chi connectivity index (χ2n) is 4.77. The molecular formula is C17H21NO2. The van der Waals surface area contributed by atoms with E-state index in [2.05, 4.69) is 12.2 Å². The topological polar surface area (TPSA) is 30.5 Å². The normalized spacial score (nSPS) is 11.9. The number of nitrogens with one attached hydrogen (secondary N) is 1. The number of methoxy groups -OCH3 is 1. The zero-order valence-electron chi connectivity index (χ0n) is 12.0. The van der Waals surface area contributed by atoms with E-state index in [1.165, 1.54) is 0 Å². The highest BCUT2D eigenvalue weighted by Gasteiger charge is 2.03. The lowest BCUT2D eigenvalue weighted by molar-refractivity contribution is 0.191. The molecule has 0 spiro atoms. The van der Waals surface area contributed by atoms with E-state index < -0.39 is 0 Å². The van der Waals surface area contributed by atoms with Crippen molar-refractivity contribution >= 4 is 5.69 Å². The van der Waals surface area contributed by atoms with Crippen LogP contribution in [0.2, 0.25) is 0 Å². The fourth-order valence-electron chi connectivity index (χ4n) is 1.93. The minimum atomic E-state index is 0.363. The van der Waals surface area contributed by atoms with Crippen molar-refractivity contribution in [3.8, 4) is 11.5 Å². The Morgan fingerprint density at radius 1 is 1.00 bits per heavy atom. The van der Waals surface area contributed by atoms with Crippen LogP contribution in [0, 0.1) is 0 Å². The fourth-order valence-corrected chi connectivity index (χ4v) is 1.93. The van der Waals surface area contributed by atoms with Crippen molar-refractivity contribution < 1.29 is 9.47 Å².